The molecule has 0 unspecified atom stereocenters. The van der Waals surface area contributed by atoms with Crippen molar-refractivity contribution in [3.63, 3.8) is 0 Å². The van der Waals surface area contributed by atoms with Gasteiger partial charge in [-0.3, -0.25) is 4.79 Å². The molecule has 0 aliphatic carbocycles. The van der Waals surface area contributed by atoms with E-state index in [0.717, 1.165) is 10.9 Å². The van der Waals surface area contributed by atoms with Gasteiger partial charge in [0.05, 0.1) is 19.7 Å². The van der Waals surface area contributed by atoms with E-state index in [1.165, 1.54) is 0 Å². The van der Waals surface area contributed by atoms with E-state index in [-0.39, 0.29) is 0 Å². The SMILES string of the molecule is COc1ccc2c(cc(C(N)=O)n2C)c1OC. The Bertz CT molecular complexity index is 587. The number of hydrogen-bond acceptors (Lipinski definition) is 3. The van der Waals surface area contributed by atoms with E-state index in [2.05, 4.69) is 0 Å². The third kappa shape index (κ3) is 1.60. The Hall–Kier alpha value is -2.17. The summed E-state index contributed by atoms with van der Waals surface area (Å²) in [6.07, 6.45) is 0. The van der Waals surface area contributed by atoms with Crippen molar-refractivity contribution in [3.8, 4) is 11.5 Å². The molecule has 0 spiro atoms. The zero-order valence-corrected chi connectivity index (χ0v) is 9.98. The van der Waals surface area contributed by atoms with Crippen LogP contribution in [0.1, 0.15) is 10.5 Å². The first-order chi connectivity index (χ1) is 8.10. The number of hydrogen-bond donors (Lipinski definition) is 1. The molecule has 0 radical (unpaired) electrons. The highest BCUT2D eigenvalue weighted by Crippen LogP contribution is 2.36. The molecule has 0 atom stereocenters. The van der Waals surface area contributed by atoms with Crippen LogP contribution in [0.3, 0.4) is 0 Å². The first-order valence-electron chi connectivity index (χ1n) is 5.10. The van der Waals surface area contributed by atoms with Gasteiger partial charge < -0.3 is 19.8 Å². The minimum Gasteiger partial charge on any atom is -0.493 e. The lowest BCUT2D eigenvalue weighted by atomic mass is 10.2. The number of carbonyl (C=O) groups is 1. The fourth-order valence-electron chi connectivity index (χ4n) is 1.97. The lowest BCUT2D eigenvalue weighted by Gasteiger charge is -2.08. The molecule has 90 valence electrons. The number of aryl methyl sites for hydroxylation is 1. The van der Waals surface area contributed by atoms with Gasteiger partial charge in [0.15, 0.2) is 11.5 Å². The van der Waals surface area contributed by atoms with Crippen LogP contribution >= 0.6 is 0 Å². The van der Waals surface area contributed by atoms with Crippen LogP contribution in [0.5, 0.6) is 11.5 Å². The van der Waals surface area contributed by atoms with Crippen molar-refractivity contribution in [1.82, 2.24) is 4.57 Å². The molecule has 1 aromatic heterocycles. The highest BCUT2D eigenvalue weighted by Gasteiger charge is 2.16. The van der Waals surface area contributed by atoms with Gasteiger partial charge in [-0.25, -0.2) is 0 Å². The molecular weight excluding hydrogens is 220 g/mol. The first kappa shape index (κ1) is 11.3. The maximum atomic E-state index is 11.3. The van der Waals surface area contributed by atoms with Crippen LogP contribution in [0.4, 0.5) is 0 Å². The standard InChI is InChI=1S/C12H14N2O3/c1-14-8-4-5-10(16-2)11(17-3)7(8)6-9(14)12(13)15/h4-6H,1-3H3,(H2,13,15). The van der Waals surface area contributed by atoms with E-state index in [1.54, 1.807) is 38.0 Å². The van der Waals surface area contributed by atoms with E-state index in [1.807, 2.05) is 6.07 Å². The summed E-state index contributed by atoms with van der Waals surface area (Å²) in [4.78, 5) is 11.3. The number of nitrogens with two attached hydrogens (primary N) is 1. The Morgan fingerprint density at radius 1 is 1.29 bits per heavy atom. The summed E-state index contributed by atoms with van der Waals surface area (Å²) in [7, 11) is 4.92. The summed E-state index contributed by atoms with van der Waals surface area (Å²) < 4.78 is 12.2. The van der Waals surface area contributed by atoms with Crippen molar-refractivity contribution >= 4 is 16.8 Å². The molecule has 2 N–H and O–H groups in total. The summed E-state index contributed by atoms with van der Waals surface area (Å²) in [5.41, 5.74) is 6.62. The zero-order chi connectivity index (χ0) is 12.6. The molecule has 0 aliphatic heterocycles. The molecule has 5 heteroatoms. The molecule has 0 saturated carbocycles. The fourth-order valence-corrected chi connectivity index (χ4v) is 1.97. The predicted octanol–water partition coefficient (Wildman–Crippen LogP) is 1.29. The van der Waals surface area contributed by atoms with E-state index in [4.69, 9.17) is 15.2 Å². The molecule has 1 heterocycles. The Kier molecular flexibility index (Phi) is 2.67. The molecule has 1 aromatic carbocycles. The highest BCUT2D eigenvalue weighted by atomic mass is 16.5. The fraction of sp³-hybridized carbons (Fsp3) is 0.250. The van der Waals surface area contributed by atoms with Crippen LogP contribution < -0.4 is 15.2 Å². The van der Waals surface area contributed by atoms with Crippen LogP contribution in [-0.2, 0) is 7.05 Å². The average molecular weight is 234 g/mol. The summed E-state index contributed by atoms with van der Waals surface area (Å²) in [6.45, 7) is 0. The van der Waals surface area contributed by atoms with Crippen LogP contribution in [0.25, 0.3) is 10.9 Å². The van der Waals surface area contributed by atoms with Crippen LogP contribution in [0.2, 0.25) is 0 Å². The number of methoxy groups -OCH3 is 2. The Labute approximate surface area is 98.7 Å². The third-order valence-corrected chi connectivity index (χ3v) is 2.82. The molecule has 2 rings (SSSR count). The van der Waals surface area contributed by atoms with Gasteiger partial charge in [0, 0.05) is 12.4 Å². The van der Waals surface area contributed by atoms with Crippen LogP contribution in [0.15, 0.2) is 18.2 Å². The van der Waals surface area contributed by atoms with Gasteiger partial charge in [-0.05, 0) is 18.2 Å². The lowest BCUT2D eigenvalue weighted by molar-refractivity contribution is 0.0993. The molecule has 0 bridgehead atoms. The summed E-state index contributed by atoms with van der Waals surface area (Å²) in [6, 6.07) is 5.37. The number of aromatic nitrogens is 1. The molecule has 0 fully saturated rings. The van der Waals surface area contributed by atoms with Crippen molar-refractivity contribution in [2.75, 3.05) is 14.2 Å². The molecular formula is C12H14N2O3. The number of benzene rings is 1. The van der Waals surface area contributed by atoms with Gasteiger partial charge >= 0.3 is 0 Å². The van der Waals surface area contributed by atoms with Gasteiger partial charge in [-0.15, -0.1) is 0 Å². The van der Waals surface area contributed by atoms with Crippen LogP contribution in [-0.4, -0.2) is 24.7 Å². The minimum atomic E-state index is -0.468. The molecule has 17 heavy (non-hydrogen) atoms. The van der Waals surface area contributed by atoms with Crippen molar-refractivity contribution in [3.05, 3.63) is 23.9 Å². The first-order valence-corrected chi connectivity index (χ1v) is 5.10. The normalized spacial score (nSPS) is 10.5. The van der Waals surface area contributed by atoms with Crippen molar-refractivity contribution in [2.24, 2.45) is 12.8 Å². The Morgan fingerprint density at radius 2 is 2.00 bits per heavy atom. The number of nitrogens with zero attached hydrogens (tertiary/aromatic N) is 1. The topological polar surface area (TPSA) is 66.5 Å². The molecule has 0 aliphatic rings. The van der Waals surface area contributed by atoms with Gasteiger partial charge in [0.25, 0.3) is 5.91 Å². The number of primary amides is 1. The molecule has 1 amide bonds. The number of amides is 1. The maximum Gasteiger partial charge on any atom is 0.265 e. The Balaban J connectivity index is 2.81. The molecule has 5 nitrogen and oxygen atoms in total. The van der Waals surface area contributed by atoms with Gasteiger partial charge in [0.2, 0.25) is 0 Å². The average Bonchev–Trinajstić information content (AvgIpc) is 2.65. The molecule has 2 aromatic rings. The summed E-state index contributed by atoms with van der Waals surface area (Å²) >= 11 is 0. The van der Waals surface area contributed by atoms with E-state index in [9.17, 15) is 4.79 Å². The lowest BCUT2D eigenvalue weighted by Crippen LogP contribution is -2.14. The van der Waals surface area contributed by atoms with E-state index < -0.39 is 5.91 Å². The largest absolute Gasteiger partial charge is 0.493 e. The minimum absolute atomic E-state index is 0.437. The quantitative estimate of drug-likeness (QED) is 0.870. The number of rotatable bonds is 3. The maximum absolute atomic E-state index is 11.3. The second-order valence-electron chi connectivity index (χ2n) is 3.69. The summed E-state index contributed by atoms with van der Waals surface area (Å²) in [5.74, 6) is 0.763. The number of carbonyl (C=O) groups excluding carboxylic acids is 1. The predicted molar refractivity (Wildman–Crippen MR) is 64.5 cm³/mol. The smallest absolute Gasteiger partial charge is 0.265 e. The van der Waals surface area contributed by atoms with E-state index >= 15 is 0 Å². The highest BCUT2D eigenvalue weighted by molar-refractivity contribution is 6.00. The zero-order valence-electron chi connectivity index (χ0n) is 9.98. The van der Waals surface area contributed by atoms with Gasteiger partial charge in [0.1, 0.15) is 5.69 Å². The second-order valence-corrected chi connectivity index (χ2v) is 3.69. The number of ether oxygens (including phenoxy) is 2. The van der Waals surface area contributed by atoms with E-state index in [0.29, 0.717) is 17.2 Å². The van der Waals surface area contributed by atoms with Crippen molar-refractivity contribution in [2.45, 2.75) is 0 Å². The third-order valence-electron chi connectivity index (χ3n) is 2.82. The van der Waals surface area contributed by atoms with Crippen LogP contribution in [0, 0.1) is 0 Å². The van der Waals surface area contributed by atoms with Crippen molar-refractivity contribution < 1.29 is 14.3 Å². The monoisotopic (exact) mass is 234 g/mol. The molecule has 0 saturated heterocycles. The van der Waals surface area contributed by atoms with Gasteiger partial charge in [-0.2, -0.15) is 0 Å². The number of fused-ring (bicyclic) bond motifs is 1. The van der Waals surface area contributed by atoms with Crippen molar-refractivity contribution in [1.29, 1.82) is 0 Å². The van der Waals surface area contributed by atoms with Gasteiger partial charge in [-0.1, -0.05) is 0 Å². The second kappa shape index (κ2) is 4.01. The summed E-state index contributed by atoms with van der Waals surface area (Å²) in [5, 5.41) is 0.808. The Morgan fingerprint density at radius 3 is 2.53 bits per heavy atom.